The third-order valence-electron chi connectivity index (χ3n) is 4.34. The fourth-order valence-corrected chi connectivity index (χ4v) is 4.06. The van der Waals surface area contributed by atoms with E-state index < -0.39 is 0 Å². The van der Waals surface area contributed by atoms with E-state index in [2.05, 4.69) is 5.32 Å². The van der Waals surface area contributed by atoms with Gasteiger partial charge in [0.15, 0.2) is 0 Å². The van der Waals surface area contributed by atoms with Gasteiger partial charge < -0.3 is 9.88 Å². The third kappa shape index (κ3) is 4.93. The monoisotopic (exact) mass is 441 g/mol. The number of imidazole rings is 1. The summed E-state index contributed by atoms with van der Waals surface area (Å²) in [6.07, 6.45) is 0. The number of amides is 1. The van der Waals surface area contributed by atoms with E-state index in [0.717, 1.165) is 21.8 Å². The van der Waals surface area contributed by atoms with Crippen molar-refractivity contribution in [2.45, 2.75) is 17.2 Å². The highest BCUT2D eigenvalue weighted by atomic mass is 35.5. The number of para-hydroxylation sites is 2. The van der Waals surface area contributed by atoms with E-state index in [-0.39, 0.29) is 12.5 Å². The van der Waals surface area contributed by atoms with E-state index in [9.17, 15) is 4.79 Å². The molecule has 0 unspecified atom stereocenters. The van der Waals surface area contributed by atoms with Crippen molar-refractivity contribution in [3.63, 3.8) is 0 Å². The molecule has 4 nitrogen and oxygen atoms in total. The van der Waals surface area contributed by atoms with Crippen LogP contribution in [0, 0.1) is 0 Å². The minimum Gasteiger partial charge on any atom is -0.325 e. The number of carbonyl (C=O) groups is 1. The fourth-order valence-electron chi connectivity index (χ4n) is 2.97. The van der Waals surface area contributed by atoms with E-state index in [1.54, 1.807) is 36.0 Å². The molecule has 0 spiro atoms. The lowest BCUT2D eigenvalue weighted by Gasteiger charge is -2.10. The van der Waals surface area contributed by atoms with E-state index in [0.29, 0.717) is 21.5 Å². The van der Waals surface area contributed by atoms with Crippen molar-refractivity contribution in [2.24, 2.45) is 0 Å². The Morgan fingerprint density at radius 2 is 1.59 bits per heavy atom. The molecule has 0 bridgehead atoms. The number of hydrogen-bond donors (Lipinski definition) is 1. The van der Waals surface area contributed by atoms with E-state index in [4.69, 9.17) is 28.2 Å². The van der Waals surface area contributed by atoms with Crippen LogP contribution in [-0.4, -0.2) is 15.5 Å². The van der Waals surface area contributed by atoms with Crippen molar-refractivity contribution < 1.29 is 4.79 Å². The van der Waals surface area contributed by atoms with Crippen LogP contribution in [0.4, 0.5) is 5.69 Å². The first-order valence-electron chi connectivity index (χ1n) is 8.96. The van der Waals surface area contributed by atoms with Crippen LogP contribution in [0.2, 0.25) is 10.0 Å². The first-order chi connectivity index (χ1) is 14.1. The number of rotatable bonds is 6. The van der Waals surface area contributed by atoms with Gasteiger partial charge in [0, 0.05) is 20.6 Å². The quantitative estimate of drug-likeness (QED) is 0.358. The highest BCUT2D eigenvalue weighted by molar-refractivity contribution is 7.98. The summed E-state index contributed by atoms with van der Waals surface area (Å²) in [5, 5.41) is 4.25. The molecule has 4 aromatic rings. The van der Waals surface area contributed by atoms with E-state index in [1.165, 1.54) is 0 Å². The maximum absolute atomic E-state index is 12.7. The summed E-state index contributed by atoms with van der Waals surface area (Å²) in [5.41, 5.74) is 2.52. The number of benzene rings is 3. The highest BCUT2D eigenvalue weighted by Gasteiger charge is 2.14. The maximum Gasteiger partial charge on any atom is 0.244 e. The van der Waals surface area contributed by atoms with Crippen LogP contribution in [0.5, 0.6) is 0 Å². The van der Waals surface area contributed by atoms with Crippen molar-refractivity contribution in [1.29, 1.82) is 0 Å². The minimum atomic E-state index is -0.117. The summed E-state index contributed by atoms with van der Waals surface area (Å²) in [6.45, 7) is 0.180. The number of nitrogens with one attached hydrogen (secondary N) is 1. The number of nitrogens with zero attached hydrogens (tertiary/aromatic N) is 2. The molecule has 29 heavy (non-hydrogen) atoms. The second-order valence-electron chi connectivity index (χ2n) is 6.40. The number of halogens is 2. The van der Waals surface area contributed by atoms with Gasteiger partial charge in [0.2, 0.25) is 5.91 Å². The predicted molar refractivity (Wildman–Crippen MR) is 121 cm³/mol. The molecule has 0 fully saturated rings. The number of hydrogen-bond acceptors (Lipinski definition) is 3. The molecule has 4 rings (SSSR count). The Kier molecular flexibility index (Phi) is 6.09. The molecule has 146 valence electrons. The summed E-state index contributed by atoms with van der Waals surface area (Å²) in [5.74, 6) is 1.37. The number of aromatic nitrogens is 2. The van der Waals surface area contributed by atoms with E-state index >= 15 is 0 Å². The Morgan fingerprint density at radius 1 is 0.931 bits per heavy atom. The van der Waals surface area contributed by atoms with Crippen LogP contribution in [0.25, 0.3) is 11.0 Å². The van der Waals surface area contributed by atoms with Crippen LogP contribution in [0.15, 0.2) is 77.7 Å². The summed E-state index contributed by atoms with van der Waals surface area (Å²) in [6, 6.07) is 22.6. The summed E-state index contributed by atoms with van der Waals surface area (Å²) in [7, 11) is 0. The Balaban J connectivity index is 1.55. The first kappa shape index (κ1) is 19.8. The molecule has 7 heteroatoms. The summed E-state index contributed by atoms with van der Waals surface area (Å²) < 4.78 is 1.96. The summed E-state index contributed by atoms with van der Waals surface area (Å²) in [4.78, 5) is 18.5. The zero-order valence-corrected chi connectivity index (χ0v) is 17.6. The van der Waals surface area contributed by atoms with Crippen molar-refractivity contribution in [3.8, 4) is 0 Å². The lowest BCUT2D eigenvalue weighted by atomic mass is 10.3. The van der Waals surface area contributed by atoms with Gasteiger partial charge in [-0.05, 0) is 60.7 Å². The number of fused-ring (bicyclic) bond motifs is 1. The van der Waals surface area contributed by atoms with Gasteiger partial charge in [0.05, 0.1) is 16.8 Å². The molecular formula is C22H17Cl2N3OS. The minimum absolute atomic E-state index is 0.117. The number of carbonyl (C=O) groups excluding carboxylic acids is 1. The number of anilines is 1. The molecule has 1 aromatic heterocycles. The molecule has 0 radical (unpaired) electrons. The average Bonchev–Trinajstić information content (AvgIpc) is 3.07. The van der Waals surface area contributed by atoms with Gasteiger partial charge in [0.1, 0.15) is 12.4 Å². The molecular weight excluding hydrogens is 425 g/mol. The zero-order chi connectivity index (χ0) is 20.2. The Hall–Kier alpha value is -2.47. The van der Waals surface area contributed by atoms with Crippen molar-refractivity contribution in [1.82, 2.24) is 9.55 Å². The Bertz CT molecular complexity index is 1140. The molecule has 0 atom stereocenters. The van der Waals surface area contributed by atoms with Gasteiger partial charge in [-0.2, -0.15) is 0 Å². The van der Waals surface area contributed by atoms with Crippen LogP contribution >= 0.6 is 35.0 Å². The molecule has 1 heterocycles. The molecule has 0 aliphatic heterocycles. The van der Waals surface area contributed by atoms with Crippen molar-refractivity contribution in [3.05, 3.63) is 88.7 Å². The van der Waals surface area contributed by atoms with Gasteiger partial charge in [0.25, 0.3) is 0 Å². The summed E-state index contributed by atoms with van der Waals surface area (Å²) >= 11 is 13.5. The number of thioether (sulfide) groups is 1. The van der Waals surface area contributed by atoms with Crippen LogP contribution < -0.4 is 5.32 Å². The topological polar surface area (TPSA) is 46.9 Å². The predicted octanol–water partition coefficient (Wildman–Crippen LogP) is 6.27. The molecule has 1 N–H and O–H groups in total. The Labute approximate surface area is 182 Å². The maximum atomic E-state index is 12.7. The third-order valence-corrected chi connectivity index (χ3v) is 5.86. The SMILES string of the molecule is O=C(Cn1c(CSc2ccc(Cl)cc2)nc2ccccc21)Nc1ccc(Cl)cc1. The van der Waals surface area contributed by atoms with Gasteiger partial charge in [-0.25, -0.2) is 4.98 Å². The fraction of sp³-hybridized carbons (Fsp3) is 0.0909. The lowest BCUT2D eigenvalue weighted by Crippen LogP contribution is -2.20. The second-order valence-corrected chi connectivity index (χ2v) is 8.32. The van der Waals surface area contributed by atoms with Crippen molar-refractivity contribution >= 4 is 57.6 Å². The molecule has 3 aromatic carbocycles. The second kappa shape index (κ2) is 8.91. The van der Waals surface area contributed by atoms with Gasteiger partial charge in [-0.15, -0.1) is 11.8 Å². The zero-order valence-electron chi connectivity index (χ0n) is 15.3. The molecule has 0 aliphatic carbocycles. The average molecular weight is 442 g/mol. The molecule has 0 saturated heterocycles. The van der Waals surface area contributed by atoms with Crippen LogP contribution in [0.1, 0.15) is 5.82 Å². The van der Waals surface area contributed by atoms with Gasteiger partial charge in [-0.1, -0.05) is 35.3 Å². The standard InChI is InChI=1S/C22H17Cl2N3OS/c23-15-5-9-17(10-6-15)25-22(28)13-27-20-4-2-1-3-19(20)26-21(27)14-29-18-11-7-16(24)8-12-18/h1-12H,13-14H2,(H,25,28). The first-order valence-corrected chi connectivity index (χ1v) is 10.7. The molecule has 0 aliphatic rings. The molecule has 1 amide bonds. The van der Waals surface area contributed by atoms with Crippen molar-refractivity contribution in [2.75, 3.05) is 5.32 Å². The van der Waals surface area contributed by atoms with Gasteiger partial charge >= 0.3 is 0 Å². The lowest BCUT2D eigenvalue weighted by molar-refractivity contribution is -0.116. The smallest absolute Gasteiger partial charge is 0.244 e. The largest absolute Gasteiger partial charge is 0.325 e. The van der Waals surface area contributed by atoms with Crippen LogP contribution in [0.3, 0.4) is 0 Å². The highest BCUT2D eigenvalue weighted by Crippen LogP contribution is 2.26. The van der Waals surface area contributed by atoms with E-state index in [1.807, 2.05) is 53.1 Å². The molecule has 0 saturated carbocycles. The van der Waals surface area contributed by atoms with Crippen LogP contribution in [-0.2, 0) is 17.1 Å². The van der Waals surface area contributed by atoms with Gasteiger partial charge in [-0.3, -0.25) is 4.79 Å². The Morgan fingerprint density at radius 3 is 2.31 bits per heavy atom. The normalized spacial score (nSPS) is 11.0.